The number of hydrogen-bond acceptors (Lipinski definition) is 6. The second-order valence-electron chi connectivity index (χ2n) is 4.89. The lowest BCUT2D eigenvalue weighted by atomic mass is 10.1. The molecule has 0 saturated heterocycles. The lowest BCUT2D eigenvalue weighted by molar-refractivity contribution is -0.385. The number of nitro groups is 1. The molecule has 0 spiro atoms. The van der Waals surface area contributed by atoms with Crippen molar-refractivity contribution < 1.29 is 22.3 Å². The Balaban J connectivity index is 2.53. The molecule has 2 rings (SSSR count). The molecule has 0 atom stereocenters. The summed E-state index contributed by atoms with van der Waals surface area (Å²) in [6, 6.07) is 7.98. The summed E-state index contributed by atoms with van der Waals surface area (Å²) >= 11 is 3.19. The highest BCUT2D eigenvalue weighted by atomic mass is 79.9. The van der Waals surface area contributed by atoms with Crippen LogP contribution in [0.15, 0.2) is 45.8 Å². The number of hydrogen-bond donors (Lipinski definition) is 0. The number of nitro benzene ring substituents is 1. The van der Waals surface area contributed by atoms with Gasteiger partial charge in [-0.3, -0.25) is 14.9 Å². The smallest absolute Gasteiger partial charge is 0.339 e. The van der Waals surface area contributed by atoms with Gasteiger partial charge in [0.15, 0.2) is 11.5 Å². The summed E-state index contributed by atoms with van der Waals surface area (Å²) in [5.74, 6) is -0.520. The molecule has 0 radical (unpaired) electrons. The molecule has 0 aromatic heterocycles. The van der Waals surface area contributed by atoms with Crippen LogP contribution in [-0.4, -0.2) is 19.1 Å². The lowest BCUT2D eigenvalue weighted by Gasteiger charge is -2.12. The van der Waals surface area contributed by atoms with Gasteiger partial charge in [-0.15, -0.1) is 0 Å². The van der Waals surface area contributed by atoms with Crippen LogP contribution < -0.4 is 4.18 Å². The van der Waals surface area contributed by atoms with Crippen LogP contribution in [0.2, 0.25) is 0 Å². The Bertz CT molecular complexity index is 939. The lowest BCUT2D eigenvalue weighted by Crippen LogP contribution is -2.14. The normalized spacial score (nSPS) is 11.1. The molecule has 0 saturated carbocycles. The van der Waals surface area contributed by atoms with Crippen LogP contribution in [0.4, 0.5) is 5.69 Å². The maximum absolute atomic E-state index is 12.5. The molecule has 0 aliphatic carbocycles. The first-order valence-electron chi connectivity index (χ1n) is 6.62. The minimum atomic E-state index is -4.34. The third-order valence-electron chi connectivity index (χ3n) is 3.24. The predicted molar refractivity (Wildman–Crippen MR) is 89.8 cm³/mol. The monoisotopic (exact) mass is 413 g/mol. The van der Waals surface area contributed by atoms with Crippen molar-refractivity contribution in [3.05, 3.63) is 62.1 Å². The van der Waals surface area contributed by atoms with Gasteiger partial charge >= 0.3 is 10.1 Å². The van der Waals surface area contributed by atoms with E-state index in [1.54, 1.807) is 0 Å². The SMILES string of the molecule is CC(=O)c1cc(Br)ccc1OS(=O)(=O)c1cccc([N+](=O)[O-])c1C. The van der Waals surface area contributed by atoms with Crippen molar-refractivity contribution in [2.24, 2.45) is 0 Å². The molecular formula is C15H12BrNO6S. The standard InChI is InChI=1S/C15H12BrNO6S/c1-9-13(17(19)20)4-3-5-15(9)24(21,22)23-14-7-6-11(16)8-12(14)10(2)18/h3-8H,1-2H3. The molecule has 0 aliphatic rings. The maximum atomic E-state index is 12.5. The van der Waals surface area contributed by atoms with Crippen molar-refractivity contribution in [1.29, 1.82) is 0 Å². The van der Waals surface area contributed by atoms with E-state index in [1.165, 1.54) is 50.2 Å². The van der Waals surface area contributed by atoms with Crippen molar-refractivity contribution in [2.45, 2.75) is 18.7 Å². The predicted octanol–water partition coefficient (Wildman–Crippen LogP) is 3.64. The first-order chi connectivity index (χ1) is 11.1. The largest absolute Gasteiger partial charge is 0.378 e. The second kappa shape index (κ2) is 6.70. The molecule has 0 heterocycles. The summed E-state index contributed by atoms with van der Waals surface area (Å²) in [7, 11) is -4.34. The zero-order valence-corrected chi connectivity index (χ0v) is 15.0. The summed E-state index contributed by atoms with van der Waals surface area (Å²) < 4.78 is 30.6. The Hall–Kier alpha value is -2.26. The minimum Gasteiger partial charge on any atom is -0.378 e. The highest BCUT2D eigenvalue weighted by Gasteiger charge is 2.26. The van der Waals surface area contributed by atoms with Crippen LogP contribution in [0.5, 0.6) is 5.75 Å². The Morgan fingerprint density at radius 1 is 1.25 bits per heavy atom. The van der Waals surface area contributed by atoms with Gasteiger partial charge in [0.2, 0.25) is 0 Å². The fourth-order valence-electron chi connectivity index (χ4n) is 2.08. The summed E-state index contributed by atoms with van der Waals surface area (Å²) in [5.41, 5.74) is -0.290. The van der Waals surface area contributed by atoms with Gasteiger partial charge in [0.25, 0.3) is 5.69 Å². The molecule has 2 aromatic rings. The van der Waals surface area contributed by atoms with Gasteiger partial charge in [0.05, 0.1) is 10.5 Å². The molecule has 0 unspecified atom stereocenters. The average Bonchev–Trinajstić information content (AvgIpc) is 2.48. The highest BCUT2D eigenvalue weighted by molar-refractivity contribution is 9.10. The van der Waals surface area contributed by atoms with E-state index in [-0.39, 0.29) is 33.2 Å². The van der Waals surface area contributed by atoms with E-state index < -0.39 is 15.0 Å². The van der Waals surface area contributed by atoms with Crippen LogP contribution in [0.25, 0.3) is 0 Å². The minimum absolute atomic E-state index is 0.0380. The van der Waals surface area contributed by atoms with Crippen LogP contribution in [0.3, 0.4) is 0 Å². The molecule has 126 valence electrons. The molecule has 24 heavy (non-hydrogen) atoms. The summed E-state index contributed by atoms with van der Waals surface area (Å²) in [6.45, 7) is 2.60. The van der Waals surface area contributed by atoms with Crippen LogP contribution in [0.1, 0.15) is 22.8 Å². The van der Waals surface area contributed by atoms with E-state index in [4.69, 9.17) is 4.18 Å². The second-order valence-corrected chi connectivity index (χ2v) is 7.32. The Morgan fingerprint density at radius 2 is 1.92 bits per heavy atom. The van der Waals surface area contributed by atoms with Gasteiger partial charge in [0, 0.05) is 16.1 Å². The van der Waals surface area contributed by atoms with Gasteiger partial charge in [-0.25, -0.2) is 0 Å². The fourth-order valence-corrected chi connectivity index (χ4v) is 3.64. The molecule has 7 nitrogen and oxygen atoms in total. The first kappa shape index (κ1) is 18.1. The van der Waals surface area contributed by atoms with Crippen molar-refractivity contribution in [2.75, 3.05) is 0 Å². The molecular weight excluding hydrogens is 402 g/mol. The van der Waals surface area contributed by atoms with E-state index in [0.717, 1.165) is 0 Å². The quantitative estimate of drug-likeness (QED) is 0.320. The molecule has 0 N–H and O–H groups in total. The average molecular weight is 414 g/mol. The van der Waals surface area contributed by atoms with E-state index in [0.29, 0.717) is 4.47 Å². The van der Waals surface area contributed by atoms with Crippen molar-refractivity contribution in [1.82, 2.24) is 0 Å². The Morgan fingerprint density at radius 3 is 2.50 bits per heavy atom. The van der Waals surface area contributed by atoms with Crippen LogP contribution in [-0.2, 0) is 10.1 Å². The third-order valence-corrected chi connectivity index (χ3v) is 5.12. The zero-order chi connectivity index (χ0) is 18.1. The van der Waals surface area contributed by atoms with Gasteiger partial charge < -0.3 is 4.18 Å². The number of carbonyl (C=O) groups excluding carboxylic acids is 1. The van der Waals surface area contributed by atoms with Crippen LogP contribution >= 0.6 is 15.9 Å². The van der Waals surface area contributed by atoms with Crippen molar-refractivity contribution in [3.63, 3.8) is 0 Å². The van der Waals surface area contributed by atoms with E-state index in [2.05, 4.69) is 15.9 Å². The molecule has 0 bridgehead atoms. The summed E-state index contributed by atoms with van der Waals surface area (Å²) in [5, 5.41) is 11.0. The number of rotatable bonds is 5. The molecule has 0 aliphatic heterocycles. The van der Waals surface area contributed by atoms with Gasteiger partial charge in [-0.05, 0) is 38.1 Å². The Labute approximate surface area is 146 Å². The molecule has 2 aromatic carbocycles. The van der Waals surface area contributed by atoms with Crippen LogP contribution in [0, 0.1) is 17.0 Å². The van der Waals surface area contributed by atoms with E-state index in [9.17, 15) is 23.3 Å². The van der Waals surface area contributed by atoms with E-state index >= 15 is 0 Å². The number of halogens is 1. The van der Waals surface area contributed by atoms with Gasteiger partial charge in [0.1, 0.15) is 4.90 Å². The Kier molecular flexibility index (Phi) is 5.05. The number of nitrogens with zero attached hydrogens (tertiary/aromatic N) is 1. The third kappa shape index (κ3) is 3.62. The molecule has 0 fully saturated rings. The molecule has 0 amide bonds. The van der Waals surface area contributed by atoms with Crippen molar-refractivity contribution >= 4 is 37.5 Å². The number of carbonyl (C=O) groups is 1. The van der Waals surface area contributed by atoms with Gasteiger partial charge in [-0.1, -0.05) is 22.0 Å². The fraction of sp³-hybridized carbons (Fsp3) is 0.133. The number of Topliss-reactive ketones (excluding diaryl/α,β-unsaturated/α-hetero) is 1. The maximum Gasteiger partial charge on any atom is 0.339 e. The summed E-state index contributed by atoms with van der Waals surface area (Å²) in [6.07, 6.45) is 0. The van der Waals surface area contributed by atoms with Crippen molar-refractivity contribution in [3.8, 4) is 5.75 Å². The zero-order valence-electron chi connectivity index (χ0n) is 12.6. The topological polar surface area (TPSA) is 104 Å². The molecule has 9 heteroatoms. The summed E-state index contributed by atoms with van der Waals surface area (Å²) in [4.78, 5) is 21.6. The van der Waals surface area contributed by atoms with Gasteiger partial charge in [-0.2, -0.15) is 8.42 Å². The van der Waals surface area contributed by atoms with E-state index in [1.807, 2.05) is 0 Å². The number of ketones is 1. The number of benzene rings is 2. The first-order valence-corrected chi connectivity index (χ1v) is 8.82. The highest BCUT2D eigenvalue weighted by Crippen LogP contribution is 2.30.